The number of nitrogens with zero attached hydrogens (tertiary/aromatic N) is 1. The molecule has 0 N–H and O–H groups in total. The highest BCUT2D eigenvalue weighted by Gasteiger charge is 2.44. The highest BCUT2D eigenvalue weighted by atomic mass is 19.4. The van der Waals surface area contributed by atoms with E-state index in [-0.39, 0.29) is 29.9 Å². The van der Waals surface area contributed by atoms with Crippen molar-refractivity contribution < 1.29 is 45.1 Å². The number of Topliss-reactive ketones (excluding diaryl/α,β-unsaturated/α-hetero) is 1. The van der Waals surface area contributed by atoms with Gasteiger partial charge in [-0.25, -0.2) is 4.39 Å². The first-order chi connectivity index (χ1) is 19.5. The highest BCUT2D eigenvalue weighted by Crippen LogP contribution is 2.41. The van der Waals surface area contributed by atoms with Gasteiger partial charge in [0.2, 0.25) is 5.91 Å². The number of hydrogen-bond acceptors (Lipinski definition) is 3. The molecule has 4 nitrogen and oxygen atoms in total. The van der Waals surface area contributed by atoms with E-state index in [1.54, 1.807) is 19.9 Å². The maximum Gasteiger partial charge on any atom is 0.416 e. The zero-order valence-electron chi connectivity index (χ0n) is 23.2. The lowest BCUT2D eigenvalue weighted by atomic mass is 9.90. The summed E-state index contributed by atoms with van der Waals surface area (Å²) in [5.74, 6) is -1.29. The number of carbonyl (C=O) groups excluding carboxylic acids is 2. The van der Waals surface area contributed by atoms with Gasteiger partial charge in [-0.15, -0.1) is 0 Å². The maximum atomic E-state index is 13.7. The number of ketones is 1. The number of amides is 1. The molecule has 1 amide bonds. The second-order valence-electron chi connectivity index (χ2n) is 10.8. The molecule has 1 aliphatic heterocycles. The van der Waals surface area contributed by atoms with Gasteiger partial charge in [-0.05, 0) is 79.8 Å². The van der Waals surface area contributed by atoms with Crippen molar-refractivity contribution in [1.29, 1.82) is 0 Å². The summed E-state index contributed by atoms with van der Waals surface area (Å²) < 4.78 is 101. The molecule has 0 radical (unpaired) electrons. The van der Waals surface area contributed by atoms with E-state index in [2.05, 4.69) is 0 Å². The molecule has 4 atom stereocenters. The molecule has 1 heterocycles. The molecular weight excluding hydrogens is 567 g/mol. The van der Waals surface area contributed by atoms with Crippen LogP contribution < -0.4 is 0 Å². The van der Waals surface area contributed by atoms with E-state index in [0.717, 1.165) is 5.57 Å². The molecule has 1 unspecified atom stereocenters. The third-order valence-electron chi connectivity index (χ3n) is 7.88. The van der Waals surface area contributed by atoms with Crippen molar-refractivity contribution in [3.8, 4) is 0 Å². The summed E-state index contributed by atoms with van der Waals surface area (Å²) in [6.07, 6.45) is -7.61. The Labute approximate surface area is 238 Å². The molecule has 11 heteroatoms. The van der Waals surface area contributed by atoms with Crippen LogP contribution >= 0.6 is 0 Å². The lowest BCUT2D eigenvalue weighted by molar-refractivity contribution is -0.143. The van der Waals surface area contributed by atoms with E-state index in [0.29, 0.717) is 42.5 Å². The number of allylic oxidation sites excluding steroid dienone is 3. The number of likely N-dealkylation sites (tertiary alicyclic amines) is 1. The Kier molecular flexibility index (Phi) is 9.01. The van der Waals surface area contributed by atoms with Gasteiger partial charge in [-0.3, -0.25) is 9.59 Å². The minimum atomic E-state index is -5.01. The van der Waals surface area contributed by atoms with Crippen molar-refractivity contribution in [1.82, 2.24) is 4.90 Å². The second kappa shape index (κ2) is 12.0. The number of rotatable bonds is 6. The molecular formula is C31H30F7NO3. The van der Waals surface area contributed by atoms with Gasteiger partial charge in [-0.2, -0.15) is 26.3 Å². The number of benzene rings is 2. The molecule has 1 saturated heterocycles. The Morgan fingerprint density at radius 2 is 1.60 bits per heavy atom. The Morgan fingerprint density at radius 1 is 1.00 bits per heavy atom. The van der Waals surface area contributed by atoms with Gasteiger partial charge < -0.3 is 9.64 Å². The summed E-state index contributed by atoms with van der Waals surface area (Å²) >= 11 is 0. The number of alkyl halides is 6. The average molecular weight is 598 g/mol. The largest absolute Gasteiger partial charge is 0.416 e. The minimum absolute atomic E-state index is 0.00120. The molecule has 1 aliphatic carbocycles. The van der Waals surface area contributed by atoms with E-state index < -0.39 is 53.5 Å². The summed E-state index contributed by atoms with van der Waals surface area (Å²) in [6.45, 7) is 4.87. The van der Waals surface area contributed by atoms with Crippen molar-refractivity contribution in [2.45, 2.75) is 76.6 Å². The Hall–Kier alpha value is -3.47. The van der Waals surface area contributed by atoms with Crippen molar-refractivity contribution in [3.63, 3.8) is 0 Å². The second-order valence-corrected chi connectivity index (χ2v) is 10.8. The molecule has 2 aliphatic rings. The van der Waals surface area contributed by atoms with Crippen LogP contribution in [0.15, 0.2) is 65.8 Å². The summed E-state index contributed by atoms with van der Waals surface area (Å²) in [7, 11) is 0. The molecule has 2 aromatic rings. The fourth-order valence-corrected chi connectivity index (χ4v) is 5.56. The van der Waals surface area contributed by atoms with Crippen LogP contribution in [0.25, 0.3) is 0 Å². The standard InChI is InChI=1S/C31H30F7NO3/c1-17(20-6-10-26(40)11-7-20)12-28(41)39-16-27(29(18(39)2)21-4-8-25(32)9-5-21)42-19(3)22-13-23(30(33,34)35)15-24(14-22)31(36,37)38/h4-6,8-9,12-15,18-19,27,29H,7,10-11,16H2,1-3H3/b17-12+/t18?,19-,27+,29-/m1/s1. The fourth-order valence-electron chi connectivity index (χ4n) is 5.56. The predicted molar refractivity (Wildman–Crippen MR) is 141 cm³/mol. The first kappa shape index (κ1) is 31.5. The monoisotopic (exact) mass is 597 g/mol. The van der Waals surface area contributed by atoms with Gasteiger partial charge in [0.15, 0.2) is 0 Å². The predicted octanol–water partition coefficient (Wildman–Crippen LogP) is 7.95. The van der Waals surface area contributed by atoms with E-state index >= 15 is 0 Å². The molecule has 1 fully saturated rings. The lowest BCUT2D eigenvalue weighted by Crippen LogP contribution is -2.34. The fraction of sp³-hybridized carbons (Fsp3) is 0.419. The summed E-state index contributed by atoms with van der Waals surface area (Å²) in [6, 6.07) is 6.31. The number of halogens is 7. The molecule has 4 rings (SSSR count). The Balaban J connectivity index is 1.65. The number of hydrogen-bond donors (Lipinski definition) is 0. The molecule has 0 aromatic heterocycles. The molecule has 0 bridgehead atoms. The summed E-state index contributed by atoms with van der Waals surface area (Å²) in [5, 5.41) is 0. The highest BCUT2D eigenvalue weighted by molar-refractivity contribution is 5.90. The average Bonchev–Trinajstić information content (AvgIpc) is 3.23. The third-order valence-corrected chi connectivity index (χ3v) is 7.88. The molecule has 0 saturated carbocycles. The van der Waals surface area contributed by atoms with E-state index in [1.165, 1.54) is 42.2 Å². The van der Waals surface area contributed by atoms with Crippen molar-refractivity contribution in [2.75, 3.05) is 6.54 Å². The maximum absolute atomic E-state index is 13.7. The molecule has 0 spiro atoms. The first-order valence-electron chi connectivity index (χ1n) is 13.4. The van der Waals surface area contributed by atoms with Gasteiger partial charge in [0, 0.05) is 37.4 Å². The first-order valence-corrected chi connectivity index (χ1v) is 13.4. The topological polar surface area (TPSA) is 46.6 Å². The van der Waals surface area contributed by atoms with Crippen LogP contribution in [0.5, 0.6) is 0 Å². The summed E-state index contributed by atoms with van der Waals surface area (Å²) in [5.41, 5.74) is -1.04. The van der Waals surface area contributed by atoms with Crippen LogP contribution in [0.2, 0.25) is 0 Å². The van der Waals surface area contributed by atoms with Crippen LogP contribution in [-0.2, 0) is 26.7 Å². The smallest absolute Gasteiger partial charge is 0.368 e. The zero-order chi connectivity index (χ0) is 31.0. The normalized spacial score (nSPS) is 22.8. The van der Waals surface area contributed by atoms with Crippen LogP contribution in [-0.4, -0.2) is 35.3 Å². The van der Waals surface area contributed by atoms with Gasteiger partial charge >= 0.3 is 12.4 Å². The van der Waals surface area contributed by atoms with E-state index in [4.69, 9.17) is 4.74 Å². The van der Waals surface area contributed by atoms with E-state index in [1.807, 2.05) is 0 Å². The van der Waals surface area contributed by atoms with Gasteiger partial charge in [0.05, 0.1) is 23.3 Å². The number of carbonyl (C=O) groups is 2. The van der Waals surface area contributed by atoms with Gasteiger partial charge in [0.25, 0.3) is 0 Å². The lowest BCUT2D eigenvalue weighted by Gasteiger charge is -2.27. The van der Waals surface area contributed by atoms with Crippen LogP contribution in [0.1, 0.15) is 74.3 Å². The Bertz CT molecular complexity index is 1360. The minimum Gasteiger partial charge on any atom is -0.368 e. The SMILES string of the molecule is C/C(=C\C(=O)N1C[C@H](O[C@H](C)c2cc(C(F)(F)F)cc(C(F)(F)F)c2)[C@@H](c2ccc(F)cc2)C1C)C1=CCC(=O)CC1. The third kappa shape index (κ3) is 7.11. The summed E-state index contributed by atoms with van der Waals surface area (Å²) in [4.78, 5) is 26.5. The molecule has 226 valence electrons. The van der Waals surface area contributed by atoms with Crippen LogP contribution in [0.4, 0.5) is 30.7 Å². The quantitative estimate of drug-likeness (QED) is 0.251. The molecule has 2 aromatic carbocycles. The van der Waals surface area contributed by atoms with Gasteiger partial charge in [-0.1, -0.05) is 18.2 Å². The van der Waals surface area contributed by atoms with Crippen molar-refractivity contribution in [2.24, 2.45) is 0 Å². The van der Waals surface area contributed by atoms with Crippen LogP contribution in [0, 0.1) is 5.82 Å². The van der Waals surface area contributed by atoms with Gasteiger partial charge in [0.1, 0.15) is 11.6 Å². The molecule has 42 heavy (non-hydrogen) atoms. The zero-order valence-corrected chi connectivity index (χ0v) is 23.2. The number of ether oxygens (including phenoxy) is 1. The Morgan fingerprint density at radius 3 is 2.12 bits per heavy atom. The van der Waals surface area contributed by atoms with Crippen molar-refractivity contribution in [3.05, 3.63) is 93.8 Å². The van der Waals surface area contributed by atoms with Crippen LogP contribution in [0.3, 0.4) is 0 Å². The van der Waals surface area contributed by atoms with Crippen molar-refractivity contribution >= 4 is 11.7 Å². The van der Waals surface area contributed by atoms with E-state index in [9.17, 15) is 40.3 Å².